The van der Waals surface area contributed by atoms with E-state index in [0.29, 0.717) is 0 Å². The van der Waals surface area contributed by atoms with E-state index in [2.05, 4.69) is 0 Å². The molecule has 0 atom stereocenters. The Labute approximate surface area is 139 Å². The zero-order valence-corrected chi connectivity index (χ0v) is 13.7. The van der Waals surface area contributed by atoms with Crippen molar-refractivity contribution in [1.82, 2.24) is 0 Å². The number of benzene rings is 1. The van der Waals surface area contributed by atoms with E-state index in [1.165, 1.54) is 18.2 Å². The van der Waals surface area contributed by atoms with E-state index in [9.17, 15) is 14.9 Å². The number of nitrogens with zero attached hydrogens (tertiary/aromatic N) is 1. The molecule has 1 rings (SSSR count). The van der Waals surface area contributed by atoms with Crippen molar-refractivity contribution >= 4 is 19.0 Å². The molecule has 0 aliphatic heterocycles. The Morgan fingerprint density at radius 1 is 1.04 bits per heavy atom. The Morgan fingerprint density at radius 3 is 1.58 bits per heavy atom. The maximum absolute atomic E-state index is 10.4. The summed E-state index contributed by atoms with van der Waals surface area (Å²) in [7, 11) is -2.17. The summed E-state index contributed by atoms with van der Waals surface area (Å²) in [5.41, 5.74) is -2.69. The van der Waals surface area contributed by atoms with Crippen LogP contribution in [0, 0.1) is 10.1 Å². The van der Waals surface area contributed by atoms with Crippen LogP contribution in [0.3, 0.4) is 0 Å². The molecule has 1 aromatic rings. The molecule has 0 radical (unpaired) electrons. The second kappa shape index (κ2) is 9.95. The summed E-state index contributed by atoms with van der Waals surface area (Å²) >= 11 is 0. The zero-order valence-electron chi connectivity index (χ0n) is 13.7. The molecule has 0 heterocycles. The van der Waals surface area contributed by atoms with Crippen LogP contribution in [0.5, 0.6) is 0 Å². The van der Waals surface area contributed by atoms with Gasteiger partial charge in [-0.15, -0.1) is 0 Å². The minimum absolute atomic E-state index is 0.289. The van der Waals surface area contributed by atoms with Crippen molar-refractivity contribution in [1.29, 1.82) is 0 Å². The quantitative estimate of drug-likeness (QED) is 0.244. The van der Waals surface area contributed by atoms with E-state index in [0.717, 1.165) is 6.07 Å². The molecule has 1 aromatic carbocycles. The van der Waals surface area contributed by atoms with E-state index < -0.39 is 29.4 Å². The number of nitro groups is 1. The van der Waals surface area contributed by atoms with Crippen molar-refractivity contribution in [3.63, 3.8) is 0 Å². The summed E-state index contributed by atoms with van der Waals surface area (Å²) < 4.78 is 0. The molecule has 0 spiro atoms. The highest BCUT2D eigenvalue weighted by atomic mass is 16.6. The Morgan fingerprint density at radius 2 is 1.38 bits per heavy atom. The Hall–Kier alpha value is -2.05. The largest absolute Gasteiger partial charge is 0.631 e. The van der Waals surface area contributed by atoms with Crippen molar-refractivity contribution < 1.29 is 40.1 Å². The van der Waals surface area contributed by atoms with Crippen LogP contribution in [0.4, 0.5) is 5.69 Å². The average Bonchev–Trinajstić information content (AvgIpc) is 2.36. The van der Waals surface area contributed by atoms with Crippen molar-refractivity contribution in [2.45, 2.75) is 38.9 Å². The van der Waals surface area contributed by atoms with Crippen LogP contribution in [-0.4, -0.2) is 59.8 Å². The lowest BCUT2D eigenvalue weighted by molar-refractivity contribution is -0.385. The van der Waals surface area contributed by atoms with Crippen LogP contribution in [-0.2, 0) is 0 Å². The third kappa shape index (κ3) is 10.6. The fraction of sp³-hybridized carbons (Fsp3) is 0.462. The fourth-order valence-electron chi connectivity index (χ4n) is 0.814. The molecule has 0 saturated carbocycles. The van der Waals surface area contributed by atoms with Crippen molar-refractivity contribution in [2.75, 3.05) is 0 Å². The highest BCUT2D eigenvalue weighted by Gasteiger charge is 2.31. The van der Waals surface area contributed by atoms with Crippen LogP contribution in [0.1, 0.15) is 38.1 Å². The van der Waals surface area contributed by atoms with Gasteiger partial charge in [0.15, 0.2) is 0 Å². The molecule has 0 aliphatic carbocycles. The van der Waals surface area contributed by atoms with Gasteiger partial charge in [0.1, 0.15) is 5.56 Å². The van der Waals surface area contributed by atoms with Gasteiger partial charge in [-0.25, -0.2) is 4.79 Å². The molecule has 0 saturated heterocycles. The molecular formula is C13H22BNO9. The highest BCUT2D eigenvalue weighted by molar-refractivity contribution is 6.30. The minimum Gasteiger partial charge on any atom is -0.477 e. The molecule has 10 nitrogen and oxygen atoms in total. The van der Waals surface area contributed by atoms with Gasteiger partial charge >= 0.3 is 13.3 Å². The van der Waals surface area contributed by atoms with Gasteiger partial charge in [-0.3, -0.25) is 10.1 Å². The summed E-state index contributed by atoms with van der Waals surface area (Å²) in [6.45, 7) is 6.31. The summed E-state index contributed by atoms with van der Waals surface area (Å²) in [5.74, 6) is -1.29. The number of hydrogen-bond acceptors (Lipinski definition) is 8. The van der Waals surface area contributed by atoms with Crippen LogP contribution in [0.2, 0.25) is 0 Å². The smallest absolute Gasteiger partial charge is 0.477 e. The van der Waals surface area contributed by atoms with Crippen LogP contribution >= 0.6 is 0 Å². The predicted octanol–water partition coefficient (Wildman–Crippen LogP) is -0.231. The molecule has 11 heteroatoms. The average molecular weight is 347 g/mol. The summed E-state index contributed by atoms with van der Waals surface area (Å²) in [5, 5.41) is 58.5. The highest BCUT2D eigenvalue weighted by Crippen LogP contribution is 2.19. The Kier molecular flexibility index (Phi) is 10.0. The molecule has 0 fully saturated rings. The van der Waals surface area contributed by atoms with E-state index in [1.54, 1.807) is 27.7 Å². The maximum atomic E-state index is 10.4. The predicted molar refractivity (Wildman–Crippen MR) is 85.1 cm³/mol. The van der Waals surface area contributed by atoms with Gasteiger partial charge in [0.2, 0.25) is 0 Å². The number of carbonyl (C=O) groups is 1. The SMILES string of the molecule is CC(C)(O)C(C)(C)O.O=C(O)c1ccccc1[N+](=O)[O-].OB(O)O. The number of rotatable bonds is 3. The van der Waals surface area contributed by atoms with Crippen molar-refractivity contribution in [3.8, 4) is 0 Å². The first-order valence-corrected chi connectivity index (χ1v) is 6.57. The number of aromatic carboxylic acids is 1. The van der Waals surface area contributed by atoms with Gasteiger partial charge in [-0.2, -0.15) is 0 Å². The van der Waals surface area contributed by atoms with E-state index in [4.69, 9.17) is 30.4 Å². The van der Waals surface area contributed by atoms with Gasteiger partial charge in [0, 0.05) is 6.07 Å². The standard InChI is InChI=1S/C7H5NO4.C6H14O2.BH3O3/c9-7(10)5-3-1-2-4-6(5)8(11)12;1-5(2,7)6(3,4)8;2-1(3)4/h1-4H,(H,9,10);7-8H,1-4H3;2-4H. The number of hydrogen-bond donors (Lipinski definition) is 6. The molecule has 0 bridgehead atoms. The lowest BCUT2D eigenvalue weighted by Gasteiger charge is -2.31. The zero-order chi connectivity index (χ0) is 19.7. The number of carboxylic acid groups (broad SMARTS) is 1. The van der Waals surface area contributed by atoms with E-state index in [-0.39, 0.29) is 11.3 Å². The van der Waals surface area contributed by atoms with Crippen molar-refractivity contribution in [3.05, 3.63) is 39.9 Å². The Balaban J connectivity index is 0. The van der Waals surface area contributed by atoms with Gasteiger partial charge in [-0.1, -0.05) is 12.1 Å². The third-order valence-corrected chi connectivity index (χ3v) is 2.83. The number of para-hydroxylation sites is 1. The van der Waals surface area contributed by atoms with E-state index in [1.807, 2.05) is 0 Å². The molecule has 0 aliphatic rings. The Bertz CT molecular complexity index is 487. The summed E-state index contributed by atoms with van der Waals surface area (Å²) in [6, 6.07) is 5.21. The van der Waals surface area contributed by atoms with Gasteiger partial charge in [0.25, 0.3) is 5.69 Å². The monoisotopic (exact) mass is 347 g/mol. The summed E-state index contributed by atoms with van der Waals surface area (Å²) in [4.78, 5) is 20.0. The lowest BCUT2D eigenvalue weighted by Crippen LogP contribution is -2.44. The maximum Gasteiger partial charge on any atom is 0.631 e. The van der Waals surface area contributed by atoms with Crippen LogP contribution in [0.25, 0.3) is 0 Å². The lowest BCUT2D eigenvalue weighted by atomic mass is 9.90. The number of nitro benzene ring substituents is 1. The first-order chi connectivity index (χ1) is 10.6. The third-order valence-electron chi connectivity index (χ3n) is 2.83. The fourth-order valence-corrected chi connectivity index (χ4v) is 0.814. The first kappa shape index (κ1) is 24.2. The molecule has 0 amide bonds. The topological polar surface area (TPSA) is 182 Å². The molecular weight excluding hydrogens is 325 g/mol. The van der Waals surface area contributed by atoms with Gasteiger partial charge in [-0.05, 0) is 33.8 Å². The molecule has 136 valence electrons. The molecule has 24 heavy (non-hydrogen) atoms. The molecule has 6 N–H and O–H groups in total. The van der Waals surface area contributed by atoms with Crippen molar-refractivity contribution in [2.24, 2.45) is 0 Å². The van der Waals surface area contributed by atoms with Crippen LogP contribution < -0.4 is 0 Å². The molecule has 0 unspecified atom stereocenters. The van der Waals surface area contributed by atoms with Gasteiger partial charge in [0.05, 0.1) is 16.1 Å². The first-order valence-electron chi connectivity index (χ1n) is 6.57. The normalized spacial score (nSPS) is 10.5. The summed E-state index contributed by atoms with van der Waals surface area (Å²) in [6.07, 6.45) is 0. The number of carboxylic acids is 1. The number of aliphatic hydroxyl groups is 2. The van der Waals surface area contributed by atoms with E-state index >= 15 is 0 Å². The minimum atomic E-state index is -2.17. The second-order valence-electron chi connectivity index (χ2n) is 5.54. The van der Waals surface area contributed by atoms with Crippen LogP contribution in [0.15, 0.2) is 24.3 Å². The molecule has 0 aromatic heterocycles. The second-order valence-corrected chi connectivity index (χ2v) is 5.54. The van der Waals surface area contributed by atoms with Gasteiger partial charge < -0.3 is 30.4 Å².